The van der Waals surface area contributed by atoms with Gasteiger partial charge in [0.25, 0.3) is 0 Å². The van der Waals surface area contributed by atoms with Crippen molar-refractivity contribution in [2.45, 2.75) is 18.9 Å². The molecule has 1 heterocycles. The average molecular weight is 158 g/mol. The minimum absolute atomic E-state index is 0.784. The van der Waals surface area contributed by atoms with E-state index in [-0.39, 0.29) is 0 Å². The summed E-state index contributed by atoms with van der Waals surface area (Å²) in [5, 5.41) is 6.80. The van der Waals surface area contributed by atoms with E-state index in [4.69, 9.17) is 0 Å². The van der Waals surface area contributed by atoms with Crippen LogP contribution < -0.4 is 10.4 Å². The molecule has 10 heavy (non-hydrogen) atoms. The molecule has 0 amide bonds. The van der Waals surface area contributed by atoms with Crippen LogP contribution in [-0.4, -0.2) is 19.1 Å². The molecule has 2 unspecified atom stereocenters. The number of piperidine rings is 1. The van der Waals surface area contributed by atoms with E-state index in [0.717, 1.165) is 17.9 Å². The van der Waals surface area contributed by atoms with E-state index >= 15 is 0 Å². The molecule has 0 radical (unpaired) electrons. The Bertz CT molecular complexity index is 113. The van der Waals surface area contributed by atoms with Gasteiger partial charge in [-0.05, 0) is 37.8 Å². The normalized spacial score (nSPS) is 45.9. The highest BCUT2D eigenvalue weighted by atomic mass is 31.0. The zero-order valence-electron chi connectivity index (χ0n) is 6.14. The molecule has 3 heteroatoms. The van der Waals surface area contributed by atoms with E-state index in [1.807, 2.05) is 0 Å². The second kappa shape index (κ2) is 2.77. The van der Waals surface area contributed by atoms with Crippen LogP contribution >= 0.6 is 9.39 Å². The maximum absolute atomic E-state index is 3.46. The summed E-state index contributed by atoms with van der Waals surface area (Å²) < 4.78 is 0. The third-order valence-corrected chi connectivity index (χ3v) is 3.31. The van der Waals surface area contributed by atoms with Gasteiger partial charge in [-0.3, -0.25) is 5.09 Å². The van der Waals surface area contributed by atoms with Crippen LogP contribution in [0.3, 0.4) is 0 Å². The highest BCUT2D eigenvalue weighted by molar-refractivity contribution is 7.13. The summed E-state index contributed by atoms with van der Waals surface area (Å²) in [6, 6.07) is 0.784. The summed E-state index contributed by atoms with van der Waals surface area (Å²) in [5.74, 6) is 1.80. The second-order valence-electron chi connectivity index (χ2n) is 3.45. The molecule has 0 aromatic heterocycles. The largest absolute Gasteiger partial charge is 0.316 e. The number of hydrogen-bond acceptors (Lipinski definition) is 2. The van der Waals surface area contributed by atoms with Crippen molar-refractivity contribution >= 4 is 9.39 Å². The number of hydrogen-bond donors (Lipinski definition) is 2. The lowest BCUT2D eigenvalue weighted by Gasteiger charge is -2.30. The van der Waals surface area contributed by atoms with E-state index in [9.17, 15) is 0 Å². The van der Waals surface area contributed by atoms with E-state index in [0.29, 0.717) is 0 Å². The molecule has 2 aliphatic rings. The van der Waals surface area contributed by atoms with Gasteiger partial charge in [0.1, 0.15) is 0 Å². The van der Waals surface area contributed by atoms with Gasteiger partial charge in [-0.15, -0.1) is 0 Å². The van der Waals surface area contributed by atoms with E-state index in [1.165, 1.54) is 25.9 Å². The molecule has 1 aliphatic heterocycles. The Morgan fingerprint density at radius 3 is 2.20 bits per heavy atom. The summed E-state index contributed by atoms with van der Waals surface area (Å²) in [5.41, 5.74) is 0. The number of rotatable bonds is 1. The maximum Gasteiger partial charge on any atom is 0.0180 e. The minimum Gasteiger partial charge on any atom is -0.316 e. The molecule has 0 spiro atoms. The van der Waals surface area contributed by atoms with Crippen molar-refractivity contribution in [2.75, 3.05) is 13.1 Å². The van der Waals surface area contributed by atoms with Crippen molar-refractivity contribution in [2.24, 2.45) is 11.8 Å². The molecular formula is C7H15N2P. The zero-order chi connectivity index (χ0) is 6.97. The van der Waals surface area contributed by atoms with Crippen LogP contribution in [0.1, 0.15) is 12.8 Å². The monoisotopic (exact) mass is 158 g/mol. The summed E-state index contributed by atoms with van der Waals surface area (Å²) in [6.45, 7) is 2.45. The molecule has 0 aromatic rings. The van der Waals surface area contributed by atoms with Crippen molar-refractivity contribution in [3.05, 3.63) is 0 Å². The first kappa shape index (κ1) is 7.02. The lowest BCUT2D eigenvalue weighted by atomic mass is 9.95. The van der Waals surface area contributed by atoms with Crippen molar-refractivity contribution in [1.82, 2.24) is 10.4 Å². The summed E-state index contributed by atoms with van der Waals surface area (Å²) >= 11 is 0. The van der Waals surface area contributed by atoms with Crippen molar-refractivity contribution < 1.29 is 0 Å². The number of nitrogens with one attached hydrogen (secondary N) is 2. The highest BCUT2D eigenvalue weighted by Crippen LogP contribution is 2.33. The second-order valence-corrected chi connectivity index (χ2v) is 3.78. The Balaban J connectivity index is 2.06. The van der Waals surface area contributed by atoms with Gasteiger partial charge in [-0.1, -0.05) is 9.39 Å². The van der Waals surface area contributed by atoms with Gasteiger partial charge in [-0.2, -0.15) is 0 Å². The SMILES string of the molecule is PNC1[C@@H]2CC[C@H]1CNC2. The van der Waals surface area contributed by atoms with E-state index in [1.54, 1.807) is 0 Å². The smallest absolute Gasteiger partial charge is 0.0180 e. The Labute approximate surface area is 64.4 Å². The van der Waals surface area contributed by atoms with Gasteiger partial charge >= 0.3 is 0 Å². The molecule has 2 fully saturated rings. The molecule has 1 saturated heterocycles. The Hall–Kier alpha value is 0.350. The van der Waals surface area contributed by atoms with Gasteiger partial charge in [0.2, 0.25) is 0 Å². The molecular weight excluding hydrogens is 143 g/mol. The molecule has 2 rings (SSSR count). The quantitative estimate of drug-likeness (QED) is 0.538. The van der Waals surface area contributed by atoms with Gasteiger partial charge in [-0.25, -0.2) is 0 Å². The molecule has 4 atom stereocenters. The third kappa shape index (κ3) is 0.990. The average Bonchev–Trinajstić information content (AvgIpc) is 2.19. The van der Waals surface area contributed by atoms with Crippen molar-refractivity contribution in [3.63, 3.8) is 0 Å². The standard InChI is InChI=1S/C7H15N2P/c10-9-7-5-1-2-6(7)4-8-3-5/h5-9H,1-4,10H2/t5-,6+,7?. The predicted molar refractivity (Wildman–Crippen MR) is 45.7 cm³/mol. The molecule has 58 valence electrons. The van der Waals surface area contributed by atoms with Gasteiger partial charge in [0.15, 0.2) is 0 Å². The molecule has 1 saturated carbocycles. The fourth-order valence-electron chi connectivity index (χ4n) is 2.36. The minimum atomic E-state index is 0.784. The first-order valence-electron chi connectivity index (χ1n) is 4.08. The van der Waals surface area contributed by atoms with E-state index < -0.39 is 0 Å². The van der Waals surface area contributed by atoms with Crippen LogP contribution in [-0.2, 0) is 0 Å². The molecule has 2 bridgehead atoms. The first-order chi connectivity index (χ1) is 4.92. The van der Waals surface area contributed by atoms with Crippen LogP contribution in [0.15, 0.2) is 0 Å². The summed E-state index contributed by atoms with van der Waals surface area (Å²) in [7, 11) is 2.66. The predicted octanol–water partition coefficient (Wildman–Crippen LogP) is 0.364. The van der Waals surface area contributed by atoms with Gasteiger partial charge in [0, 0.05) is 6.04 Å². The molecule has 0 aromatic carbocycles. The number of fused-ring (bicyclic) bond motifs is 2. The third-order valence-electron chi connectivity index (χ3n) is 2.93. The Morgan fingerprint density at radius 2 is 1.80 bits per heavy atom. The summed E-state index contributed by atoms with van der Waals surface area (Å²) in [4.78, 5) is 0. The topological polar surface area (TPSA) is 24.1 Å². The fraction of sp³-hybridized carbons (Fsp3) is 1.00. The van der Waals surface area contributed by atoms with Crippen molar-refractivity contribution in [1.29, 1.82) is 0 Å². The summed E-state index contributed by atoms with van der Waals surface area (Å²) in [6.07, 6.45) is 2.84. The van der Waals surface area contributed by atoms with Gasteiger partial charge < -0.3 is 5.32 Å². The Kier molecular flexibility index (Phi) is 1.94. The highest BCUT2D eigenvalue weighted by Gasteiger charge is 2.37. The Morgan fingerprint density at radius 1 is 1.20 bits per heavy atom. The fourth-order valence-corrected chi connectivity index (χ4v) is 2.90. The molecule has 1 aliphatic carbocycles. The van der Waals surface area contributed by atoms with Gasteiger partial charge in [0.05, 0.1) is 0 Å². The van der Waals surface area contributed by atoms with E-state index in [2.05, 4.69) is 19.8 Å². The van der Waals surface area contributed by atoms with Crippen LogP contribution in [0.4, 0.5) is 0 Å². The zero-order valence-corrected chi connectivity index (χ0v) is 7.29. The van der Waals surface area contributed by atoms with Crippen molar-refractivity contribution in [3.8, 4) is 0 Å². The first-order valence-corrected chi connectivity index (χ1v) is 4.66. The lowest BCUT2D eigenvalue weighted by Crippen LogP contribution is -2.46. The molecule has 2 N–H and O–H groups in total. The molecule has 2 nitrogen and oxygen atoms in total. The van der Waals surface area contributed by atoms with Crippen LogP contribution in [0.5, 0.6) is 0 Å². The van der Waals surface area contributed by atoms with Crippen LogP contribution in [0.25, 0.3) is 0 Å². The maximum atomic E-state index is 3.46. The van der Waals surface area contributed by atoms with Crippen LogP contribution in [0, 0.1) is 11.8 Å². The van der Waals surface area contributed by atoms with Crippen LogP contribution in [0.2, 0.25) is 0 Å². The lowest BCUT2D eigenvalue weighted by molar-refractivity contribution is 0.308.